The van der Waals surface area contributed by atoms with Gasteiger partial charge in [0.25, 0.3) is 0 Å². The van der Waals surface area contributed by atoms with Crippen LogP contribution in [-0.2, 0) is 16.0 Å². The third-order valence-electron chi connectivity index (χ3n) is 5.36. The molecule has 0 amide bonds. The number of rotatable bonds is 6. The maximum atomic E-state index is 12.8. The molecule has 0 saturated carbocycles. The molecule has 1 aromatic heterocycles. The van der Waals surface area contributed by atoms with Gasteiger partial charge in [0.1, 0.15) is 54.2 Å². The number of carboxylic acid groups (broad SMARTS) is 1. The van der Waals surface area contributed by atoms with Crippen molar-refractivity contribution in [3.05, 3.63) is 39.2 Å². The number of ether oxygens (including phenoxy) is 1. The molecular weight excluding hydrogens is 426 g/mol. The van der Waals surface area contributed by atoms with Crippen LogP contribution < -0.4 is 5.43 Å². The number of fused-ring (bicyclic) bond motifs is 1. The lowest BCUT2D eigenvalue weighted by atomic mass is 9.89. The van der Waals surface area contributed by atoms with Gasteiger partial charge >= 0.3 is 5.97 Å². The fourth-order valence-electron chi connectivity index (χ4n) is 3.79. The lowest BCUT2D eigenvalue weighted by Gasteiger charge is -2.40. The van der Waals surface area contributed by atoms with Gasteiger partial charge in [0, 0.05) is 18.2 Å². The first kappa shape index (κ1) is 23.8. The van der Waals surface area contributed by atoms with Crippen LogP contribution in [0, 0.1) is 6.92 Å². The monoisotopic (exact) mass is 451 g/mol. The Morgan fingerprint density at radius 2 is 1.84 bits per heavy atom. The lowest BCUT2D eigenvalue weighted by Crippen LogP contribution is -2.55. The number of phenols is 1. The third kappa shape index (κ3) is 4.52. The molecule has 5 unspecified atom stereocenters. The van der Waals surface area contributed by atoms with Gasteiger partial charge in [0.2, 0.25) is 0 Å². The van der Waals surface area contributed by atoms with Crippen LogP contribution in [-0.4, -0.2) is 79.9 Å². The van der Waals surface area contributed by atoms with E-state index in [1.54, 1.807) is 13.8 Å². The number of aliphatic carboxylic acids is 1. The number of aliphatic hydroxyl groups excluding tert-OH is 4. The molecule has 0 spiro atoms. The Morgan fingerprint density at radius 1 is 1.16 bits per heavy atom. The van der Waals surface area contributed by atoms with Gasteiger partial charge in [-0.15, -0.1) is 0 Å². The molecule has 6 N–H and O–H groups in total. The summed E-state index contributed by atoms with van der Waals surface area (Å²) in [4.78, 5) is 27.4. The SMILES string of the molecule is C/C(Cc1cc(=O)c2c(C)cc(O)c(C3OC(CO)C(O)C(O)C3O)c2o1)=N\CC(=O)O. The number of nitrogens with zero attached hydrogens (tertiary/aromatic N) is 1. The van der Waals surface area contributed by atoms with Gasteiger partial charge in [-0.05, 0) is 25.5 Å². The lowest BCUT2D eigenvalue weighted by molar-refractivity contribution is -0.231. The number of aryl methyl sites for hydroxylation is 1. The Hall–Kier alpha value is -2.83. The minimum Gasteiger partial charge on any atom is -0.507 e. The molecule has 1 saturated heterocycles. The molecule has 1 fully saturated rings. The Morgan fingerprint density at radius 3 is 2.47 bits per heavy atom. The fourth-order valence-corrected chi connectivity index (χ4v) is 3.79. The average Bonchev–Trinajstić information content (AvgIpc) is 2.71. The molecule has 0 aliphatic carbocycles. The molecule has 174 valence electrons. The second kappa shape index (κ2) is 9.35. The number of phenolic OH excluding ortho intramolecular Hbond substituents is 1. The quantitative estimate of drug-likeness (QED) is 0.310. The van der Waals surface area contributed by atoms with E-state index in [9.17, 15) is 35.1 Å². The summed E-state index contributed by atoms with van der Waals surface area (Å²) >= 11 is 0. The first-order valence-electron chi connectivity index (χ1n) is 9.86. The Labute approximate surface area is 181 Å². The van der Waals surface area contributed by atoms with Gasteiger partial charge in [-0.3, -0.25) is 14.6 Å². The van der Waals surface area contributed by atoms with Crippen LogP contribution in [0.15, 0.2) is 26.3 Å². The minimum atomic E-state index is -1.70. The molecule has 3 rings (SSSR count). The van der Waals surface area contributed by atoms with Crippen LogP contribution in [0.3, 0.4) is 0 Å². The summed E-state index contributed by atoms with van der Waals surface area (Å²) in [5, 5.41) is 59.7. The van der Waals surface area contributed by atoms with Crippen molar-refractivity contribution in [3.8, 4) is 5.75 Å². The van der Waals surface area contributed by atoms with Crippen molar-refractivity contribution in [1.82, 2.24) is 0 Å². The van der Waals surface area contributed by atoms with E-state index < -0.39 is 55.1 Å². The number of hydrogen-bond donors (Lipinski definition) is 6. The molecular formula is C21H25NO10. The van der Waals surface area contributed by atoms with Gasteiger partial charge < -0.3 is 39.8 Å². The standard InChI is InChI=1S/C21H25NO10/c1-8-3-11(24)16(21-19(30)18(29)17(28)13(7-23)32-21)20-15(8)12(25)5-10(31-20)4-9(2)22-6-14(26)27/h3,5,13,17-19,21,23-24,28-30H,4,6-7H2,1-2H3,(H,26,27)/b22-9+. The average molecular weight is 451 g/mol. The molecule has 11 nitrogen and oxygen atoms in total. The first-order valence-corrected chi connectivity index (χ1v) is 9.86. The Kier molecular flexibility index (Phi) is 6.96. The number of carboxylic acids is 1. The van der Waals surface area contributed by atoms with E-state index in [0.29, 0.717) is 11.3 Å². The molecule has 2 heterocycles. The summed E-state index contributed by atoms with van der Waals surface area (Å²) in [5.74, 6) is -1.37. The summed E-state index contributed by atoms with van der Waals surface area (Å²) in [5.41, 5.74) is 0.112. The van der Waals surface area contributed by atoms with Crippen LogP contribution >= 0.6 is 0 Å². The number of carbonyl (C=O) groups is 1. The van der Waals surface area contributed by atoms with Crippen molar-refractivity contribution in [2.45, 2.75) is 50.8 Å². The van der Waals surface area contributed by atoms with Gasteiger partial charge in [0.05, 0.1) is 17.6 Å². The van der Waals surface area contributed by atoms with E-state index in [1.807, 2.05) is 0 Å². The van der Waals surface area contributed by atoms with E-state index >= 15 is 0 Å². The number of benzene rings is 1. The van der Waals surface area contributed by atoms with Gasteiger partial charge in [-0.1, -0.05) is 0 Å². The van der Waals surface area contributed by atoms with Crippen molar-refractivity contribution >= 4 is 22.7 Å². The highest BCUT2D eigenvalue weighted by atomic mass is 16.5. The zero-order chi connectivity index (χ0) is 23.7. The predicted molar refractivity (Wildman–Crippen MR) is 111 cm³/mol. The summed E-state index contributed by atoms with van der Waals surface area (Å²) in [6.07, 6.45) is -7.62. The number of aliphatic imine (C=N–C) groups is 1. The van der Waals surface area contributed by atoms with Crippen molar-refractivity contribution in [2.24, 2.45) is 4.99 Å². The van der Waals surface area contributed by atoms with Crippen LogP contribution in [0.4, 0.5) is 0 Å². The van der Waals surface area contributed by atoms with Crippen molar-refractivity contribution in [1.29, 1.82) is 0 Å². The zero-order valence-electron chi connectivity index (χ0n) is 17.4. The van der Waals surface area contributed by atoms with Crippen LogP contribution in [0.2, 0.25) is 0 Å². The van der Waals surface area contributed by atoms with E-state index in [2.05, 4.69) is 4.99 Å². The molecule has 0 radical (unpaired) electrons. The van der Waals surface area contributed by atoms with E-state index in [0.717, 1.165) is 0 Å². The second-order valence-corrected chi connectivity index (χ2v) is 7.78. The van der Waals surface area contributed by atoms with Crippen molar-refractivity contribution in [2.75, 3.05) is 13.2 Å². The maximum Gasteiger partial charge on any atom is 0.325 e. The summed E-state index contributed by atoms with van der Waals surface area (Å²) in [7, 11) is 0. The normalized spacial score (nSPS) is 26.4. The molecule has 5 atom stereocenters. The maximum absolute atomic E-state index is 12.8. The fraction of sp³-hybridized carbons (Fsp3) is 0.476. The van der Waals surface area contributed by atoms with Gasteiger partial charge in [0.15, 0.2) is 5.43 Å². The third-order valence-corrected chi connectivity index (χ3v) is 5.36. The van der Waals surface area contributed by atoms with E-state index in [1.165, 1.54) is 12.1 Å². The summed E-state index contributed by atoms with van der Waals surface area (Å²) < 4.78 is 11.4. The molecule has 0 bridgehead atoms. The van der Waals surface area contributed by atoms with Crippen LogP contribution in [0.1, 0.15) is 29.9 Å². The minimum absolute atomic E-state index is 0.0152. The Balaban J connectivity index is 2.16. The molecule has 1 aromatic carbocycles. The smallest absolute Gasteiger partial charge is 0.325 e. The second-order valence-electron chi connectivity index (χ2n) is 7.78. The summed E-state index contributed by atoms with van der Waals surface area (Å²) in [6.45, 7) is 2.04. The van der Waals surface area contributed by atoms with Gasteiger partial charge in [-0.2, -0.15) is 0 Å². The highest BCUT2D eigenvalue weighted by Gasteiger charge is 2.45. The molecule has 2 aromatic rings. The van der Waals surface area contributed by atoms with E-state index in [4.69, 9.17) is 14.3 Å². The number of aromatic hydroxyl groups is 1. The largest absolute Gasteiger partial charge is 0.507 e. The van der Waals surface area contributed by atoms with Crippen molar-refractivity contribution < 1.29 is 44.6 Å². The predicted octanol–water partition coefficient (Wildman–Crippen LogP) is -0.590. The van der Waals surface area contributed by atoms with Crippen LogP contribution in [0.5, 0.6) is 5.75 Å². The number of hydrogen-bond acceptors (Lipinski definition) is 10. The highest BCUT2D eigenvalue weighted by Crippen LogP contribution is 2.41. The number of aliphatic hydroxyl groups is 4. The molecule has 11 heteroatoms. The first-order chi connectivity index (χ1) is 15.0. The summed E-state index contributed by atoms with van der Waals surface area (Å²) in [6, 6.07) is 2.51. The zero-order valence-corrected chi connectivity index (χ0v) is 17.4. The van der Waals surface area contributed by atoms with Crippen LogP contribution in [0.25, 0.3) is 11.0 Å². The molecule has 1 aliphatic heterocycles. The van der Waals surface area contributed by atoms with E-state index in [-0.39, 0.29) is 34.5 Å². The molecule has 1 aliphatic rings. The molecule has 32 heavy (non-hydrogen) atoms. The highest BCUT2D eigenvalue weighted by molar-refractivity contribution is 5.88. The topological polar surface area (TPSA) is 190 Å². The Bertz CT molecular complexity index is 1110. The van der Waals surface area contributed by atoms with Crippen molar-refractivity contribution in [3.63, 3.8) is 0 Å². The van der Waals surface area contributed by atoms with Gasteiger partial charge in [-0.25, -0.2) is 0 Å².